The monoisotopic (exact) mass is 186 g/mol. The Morgan fingerprint density at radius 1 is 1.67 bits per heavy atom. The first kappa shape index (κ1) is 11.4. The number of alkyl halides is 1. The third-order valence-electron chi connectivity index (χ3n) is 1.72. The van der Waals surface area contributed by atoms with E-state index in [1.807, 2.05) is 6.08 Å². The van der Waals surface area contributed by atoms with E-state index in [0.29, 0.717) is 11.9 Å². The predicted octanol–water partition coefficient (Wildman–Crippen LogP) is 2.88. The zero-order valence-electron chi connectivity index (χ0n) is 7.63. The number of halogens is 1. The van der Waals surface area contributed by atoms with E-state index in [1.165, 1.54) is 0 Å². The van der Waals surface area contributed by atoms with Crippen molar-refractivity contribution in [1.29, 1.82) is 0 Å². The summed E-state index contributed by atoms with van der Waals surface area (Å²) in [6, 6.07) is 0.293. The fraction of sp³-hybridized carbons (Fsp3) is 0.556. The summed E-state index contributed by atoms with van der Waals surface area (Å²) < 4.78 is 0. The van der Waals surface area contributed by atoms with Crippen LogP contribution in [0.4, 0.5) is 0 Å². The summed E-state index contributed by atoms with van der Waals surface area (Å²) >= 11 is 5.37. The van der Waals surface area contributed by atoms with E-state index in [2.05, 4.69) is 30.5 Å². The van der Waals surface area contributed by atoms with Crippen LogP contribution in [0.25, 0.3) is 0 Å². The summed E-state index contributed by atoms with van der Waals surface area (Å²) in [6.45, 7) is 7.72. The van der Waals surface area contributed by atoms with E-state index in [0.717, 1.165) is 12.1 Å². The zero-order valence-corrected chi connectivity index (χ0v) is 8.38. The predicted molar refractivity (Wildman–Crippen MR) is 56.3 cm³/mol. The van der Waals surface area contributed by atoms with Gasteiger partial charge in [0.05, 0.1) is 0 Å². The molecule has 0 N–H and O–H groups in total. The molecule has 12 heavy (non-hydrogen) atoms. The SMILES string of the molecule is C=N/C(=C\C=NCCl)C(C)CC. The molecule has 0 saturated heterocycles. The quantitative estimate of drug-likeness (QED) is 0.359. The Morgan fingerprint density at radius 3 is 2.75 bits per heavy atom. The Hall–Kier alpha value is -0.630. The van der Waals surface area contributed by atoms with Crippen LogP contribution in [0.1, 0.15) is 20.3 Å². The van der Waals surface area contributed by atoms with Gasteiger partial charge in [0, 0.05) is 11.9 Å². The van der Waals surface area contributed by atoms with Crippen LogP contribution in [0.3, 0.4) is 0 Å². The van der Waals surface area contributed by atoms with Crippen LogP contribution in [0.2, 0.25) is 0 Å². The second-order valence-electron chi connectivity index (χ2n) is 2.51. The van der Waals surface area contributed by atoms with Crippen molar-refractivity contribution in [2.24, 2.45) is 15.9 Å². The molecular weight excluding hydrogens is 172 g/mol. The van der Waals surface area contributed by atoms with E-state index in [9.17, 15) is 0 Å². The van der Waals surface area contributed by atoms with E-state index >= 15 is 0 Å². The van der Waals surface area contributed by atoms with Gasteiger partial charge in [-0.15, -0.1) is 11.6 Å². The lowest BCUT2D eigenvalue weighted by Gasteiger charge is -2.06. The van der Waals surface area contributed by atoms with Crippen LogP contribution in [-0.4, -0.2) is 18.9 Å². The molecule has 0 amide bonds. The molecule has 1 atom stereocenters. The van der Waals surface area contributed by atoms with Crippen LogP contribution in [0, 0.1) is 5.92 Å². The number of aliphatic imine (C=N–C) groups is 2. The summed E-state index contributed by atoms with van der Waals surface area (Å²) in [5, 5.41) is 0. The molecule has 0 rings (SSSR count). The number of allylic oxidation sites excluding steroid dienone is 2. The van der Waals surface area contributed by atoms with Gasteiger partial charge in [0.15, 0.2) is 0 Å². The Morgan fingerprint density at radius 2 is 2.33 bits per heavy atom. The molecule has 2 nitrogen and oxygen atoms in total. The van der Waals surface area contributed by atoms with Gasteiger partial charge in [-0.1, -0.05) is 13.8 Å². The molecular formula is C9H15ClN2. The van der Waals surface area contributed by atoms with Crippen LogP contribution in [0.15, 0.2) is 21.8 Å². The zero-order chi connectivity index (χ0) is 9.40. The van der Waals surface area contributed by atoms with Gasteiger partial charge in [-0.25, -0.2) is 0 Å². The van der Waals surface area contributed by atoms with Crippen molar-refractivity contribution in [1.82, 2.24) is 0 Å². The molecule has 0 heterocycles. The van der Waals surface area contributed by atoms with Crippen molar-refractivity contribution in [2.45, 2.75) is 20.3 Å². The van der Waals surface area contributed by atoms with Crippen molar-refractivity contribution >= 4 is 24.5 Å². The molecule has 3 heteroatoms. The van der Waals surface area contributed by atoms with Crippen LogP contribution in [0.5, 0.6) is 0 Å². The van der Waals surface area contributed by atoms with Crippen LogP contribution >= 0.6 is 11.6 Å². The summed E-state index contributed by atoms with van der Waals surface area (Å²) in [7, 11) is 0. The van der Waals surface area contributed by atoms with Gasteiger partial charge >= 0.3 is 0 Å². The lowest BCUT2D eigenvalue weighted by atomic mass is 10.1. The fourth-order valence-corrected chi connectivity index (χ4v) is 0.831. The lowest BCUT2D eigenvalue weighted by molar-refractivity contribution is 0.650. The van der Waals surface area contributed by atoms with Gasteiger partial charge < -0.3 is 0 Å². The number of hydrogen-bond acceptors (Lipinski definition) is 2. The van der Waals surface area contributed by atoms with Gasteiger partial charge in [0.1, 0.15) is 6.00 Å². The van der Waals surface area contributed by atoms with Gasteiger partial charge in [0.25, 0.3) is 0 Å². The minimum Gasteiger partial charge on any atom is -0.277 e. The van der Waals surface area contributed by atoms with Gasteiger partial charge in [-0.2, -0.15) is 0 Å². The molecule has 0 aromatic heterocycles. The molecule has 0 spiro atoms. The second-order valence-corrected chi connectivity index (χ2v) is 2.75. The van der Waals surface area contributed by atoms with Gasteiger partial charge in [-0.05, 0) is 25.1 Å². The Bertz CT molecular complexity index is 185. The minimum atomic E-state index is 0.293. The fourth-order valence-electron chi connectivity index (χ4n) is 0.751. The maximum Gasteiger partial charge on any atom is 0.113 e. The largest absolute Gasteiger partial charge is 0.277 e. The third kappa shape index (κ3) is 4.29. The summed E-state index contributed by atoms with van der Waals surface area (Å²) in [4.78, 5) is 7.76. The van der Waals surface area contributed by atoms with Crippen LogP contribution < -0.4 is 0 Å². The molecule has 0 fully saturated rings. The van der Waals surface area contributed by atoms with E-state index < -0.39 is 0 Å². The molecule has 1 unspecified atom stereocenters. The average Bonchev–Trinajstić information content (AvgIpc) is 2.11. The standard InChI is InChI=1S/C9H15ClN2/c1-4-8(2)9(11-3)5-6-12-7-10/h5-6,8H,3-4,7H2,1-2H3/b9-5-,12-6?. The van der Waals surface area contributed by atoms with E-state index in [4.69, 9.17) is 11.6 Å². The van der Waals surface area contributed by atoms with E-state index in [-0.39, 0.29) is 0 Å². The smallest absolute Gasteiger partial charge is 0.113 e. The van der Waals surface area contributed by atoms with Crippen molar-refractivity contribution in [3.05, 3.63) is 11.8 Å². The highest BCUT2D eigenvalue weighted by Gasteiger charge is 2.01. The lowest BCUT2D eigenvalue weighted by Crippen LogP contribution is -1.94. The normalized spacial score (nSPS) is 15.1. The summed E-state index contributed by atoms with van der Waals surface area (Å²) in [6.07, 6.45) is 4.58. The van der Waals surface area contributed by atoms with Crippen LogP contribution in [-0.2, 0) is 0 Å². The second kappa shape index (κ2) is 7.04. The van der Waals surface area contributed by atoms with Crippen molar-refractivity contribution in [2.75, 3.05) is 6.00 Å². The highest BCUT2D eigenvalue weighted by molar-refractivity contribution is 6.18. The molecule has 0 bridgehead atoms. The minimum absolute atomic E-state index is 0.293. The van der Waals surface area contributed by atoms with E-state index in [1.54, 1.807) is 6.21 Å². The Labute approximate surface area is 79.1 Å². The van der Waals surface area contributed by atoms with Crippen molar-refractivity contribution in [3.63, 3.8) is 0 Å². The number of rotatable bonds is 5. The molecule has 0 aromatic rings. The first-order chi connectivity index (χ1) is 5.76. The molecule has 0 aromatic carbocycles. The topological polar surface area (TPSA) is 24.7 Å². The maximum atomic E-state index is 5.37. The first-order valence-corrected chi connectivity index (χ1v) is 4.52. The van der Waals surface area contributed by atoms with Crippen molar-refractivity contribution in [3.8, 4) is 0 Å². The average molecular weight is 187 g/mol. The summed E-state index contributed by atoms with van der Waals surface area (Å²) in [5.74, 6) is 0.435. The molecule has 0 aliphatic heterocycles. The molecule has 0 saturated carbocycles. The highest BCUT2D eigenvalue weighted by Crippen LogP contribution is 2.13. The molecule has 0 aliphatic rings. The third-order valence-corrected chi connectivity index (χ3v) is 1.86. The highest BCUT2D eigenvalue weighted by atomic mass is 35.5. The first-order valence-electron chi connectivity index (χ1n) is 3.98. The molecule has 0 aliphatic carbocycles. The van der Waals surface area contributed by atoms with Crippen molar-refractivity contribution < 1.29 is 0 Å². The summed E-state index contributed by atoms with van der Waals surface area (Å²) in [5.41, 5.74) is 0.964. The Balaban J connectivity index is 4.22. The molecule has 68 valence electrons. The Kier molecular flexibility index (Phi) is 6.67. The van der Waals surface area contributed by atoms with Gasteiger partial charge in [-0.3, -0.25) is 9.98 Å². The maximum absolute atomic E-state index is 5.37. The molecule has 0 radical (unpaired) electrons. The number of nitrogens with zero attached hydrogens (tertiary/aromatic N) is 2. The number of hydrogen-bond donors (Lipinski definition) is 0. The van der Waals surface area contributed by atoms with Gasteiger partial charge in [0.2, 0.25) is 0 Å².